The molecule has 0 aromatic heterocycles. The average molecular weight is 467 g/mol. The van der Waals surface area contributed by atoms with Crippen LogP contribution in [0.5, 0.6) is 0 Å². The SMILES string of the molecule is CCc1cccc(CNC[C@H](O)[C@H](Cc2cc(F)cc(F)c2)NC(=O)c2cc(C)cc(C)c2)c1. The van der Waals surface area contributed by atoms with Crippen molar-refractivity contribution in [1.29, 1.82) is 0 Å². The van der Waals surface area contributed by atoms with E-state index in [1.807, 2.05) is 32.0 Å². The zero-order valence-corrected chi connectivity index (χ0v) is 19.9. The van der Waals surface area contributed by atoms with Gasteiger partial charge in [-0.25, -0.2) is 8.78 Å². The number of hydrogen-bond acceptors (Lipinski definition) is 3. The Hall–Kier alpha value is -3.09. The van der Waals surface area contributed by atoms with Gasteiger partial charge >= 0.3 is 0 Å². The number of carbonyl (C=O) groups excluding carboxylic acids is 1. The topological polar surface area (TPSA) is 61.4 Å². The van der Waals surface area contributed by atoms with E-state index in [4.69, 9.17) is 0 Å². The van der Waals surface area contributed by atoms with Crippen LogP contribution in [-0.2, 0) is 19.4 Å². The van der Waals surface area contributed by atoms with Gasteiger partial charge in [-0.05, 0) is 67.6 Å². The van der Waals surface area contributed by atoms with Crippen molar-refractivity contribution in [3.05, 3.63) is 106 Å². The highest BCUT2D eigenvalue weighted by molar-refractivity contribution is 5.94. The molecule has 0 saturated carbocycles. The molecule has 3 aromatic rings. The van der Waals surface area contributed by atoms with Gasteiger partial charge in [-0.15, -0.1) is 0 Å². The Labute approximate surface area is 200 Å². The molecule has 1 amide bonds. The molecule has 0 heterocycles. The maximum absolute atomic E-state index is 13.7. The van der Waals surface area contributed by atoms with Gasteiger partial charge in [-0.2, -0.15) is 0 Å². The van der Waals surface area contributed by atoms with Crippen LogP contribution in [0, 0.1) is 25.5 Å². The number of halogens is 2. The normalized spacial score (nSPS) is 12.9. The first-order chi connectivity index (χ1) is 16.2. The van der Waals surface area contributed by atoms with Crippen molar-refractivity contribution in [3.8, 4) is 0 Å². The van der Waals surface area contributed by atoms with Gasteiger partial charge in [-0.1, -0.05) is 48.4 Å². The van der Waals surface area contributed by atoms with E-state index in [1.54, 1.807) is 12.1 Å². The Kier molecular flexibility index (Phi) is 8.91. The zero-order valence-electron chi connectivity index (χ0n) is 19.9. The summed E-state index contributed by atoms with van der Waals surface area (Å²) in [6.45, 7) is 6.66. The standard InChI is InChI=1S/C28H32F2N2O2/c1-4-20-6-5-7-21(11-20)16-31-17-27(33)26(14-22-12-24(29)15-25(30)13-22)32-28(34)23-9-18(2)8-19(3)10-23/h5-13,15,26-27,31,33H,4,14,16-17H2,1-3H3,(H,32,34)/t26-,27-/m0/s1. The molecule has 3 N–H and O–H groups in total. The lowest BCUT2D eigenvalue weighted by Gasteiger charge is -2.25. The Morgan fingerprint density at radius 1 is 0.912 bits per heavy atom. The van der Waals surface area contributed by atoms with Gasteiger partial charge in [0, 0.05) is 24.7 Å². The number of rotatable bonds is 10. The van der Waals surface area contributed by atoms with Crippen molar-refractivity contribution in [2.45, 2.75) is 52.3 Å². The molecule has 4 nitrogen and oxygen atoms in total. The first-order valence-corrected chi connectivity index (χ1v) is 11.5. The molecule has 0 unspecified atom stereocenters. The summed E-state index contributed by atoms with van der Waals surface area (Å²) in [5.41, 5.74) is 5.05. The Morgan fingerprint density at radius 2 is 1.56 bits per heavy atom. The highest BCUT2D eigenvalue weighted by atomic mass is 19.1. The van der Waals surface area contributed by atoms with Crippen LogP contribution in [0.15, 0.2) is 60.7 Å². The molecule has 180 valence electrons. The van der Waals surface area contributed by atoms with E-state index in [9.17, 15) is 18.7 Å². The molecule has 0 bridgehead atoms. The Bertz CT molecular complexity index is 1090. The molecule has 0 radical (unpaired) electrons. The molecule has 0 fully saturated rings. The minimum absolute atomic E-state index is 0.0827. The highest BCUT2D eigenvalue weighted by Crippen LogP contribution is 2.14. The van der Waals surface area contributed by atoms with Crippen LogP contribution in [0.2, 0.25) is 0 Å². The van der Waals surface area contributed by atoms with E-state index >= 15 is 0 Å². The largest absolute Gasteiger partial charge is 0.390 e. The van der Waals surface area contributed by atoms with Crippen molar-refractivity contribution >= 4 is 5.91 Å². The van der Waals surface area contributed by atoms with Crippen molar-refractivity contribution < 1.29 is 18.7 Å². The van der Waals surface area contributed by atoms with Gasteiger partial charge in [0.05, 0.1) is 12.1 Å². The monoisotopic (exact) mass is 466 g/mol. The van der Waals surface area contributed by atoms with Crippen molar-refractivity contribution in [2.75, 3.05) is 6.54 Å². The second-order valence-electron chi connectivity index (χ2n) is 8.81. The number of nitrogens with one attached hydrogen (secondary N) is 2. The lowest BCUT2D eigenvalue weighted by atomic mass is 9.99. The fraction of sp³-hybridized carbons (Fsp3) is 0.321. The van der Waals surface area contributed by atoms with Crippen molar-refractivity contribution in [2.24, 2.45) is 0 Å². The molecule has 0 aliphatic rings. The second kappa shape index (κ2) is 11.9. The summed E-state index contributed by atoms with van der Waals surface area (Å²) in [6.07, 6.45) is 0.0441. The predicted octanol–water partition coefficient (Wildman–Crippen LogP) is 4.64. The van der Waals surface area contributed by atoms with Crippen LogP contribution in [0.1, 0.15) is 45.1 Å². The lowest BCUT2D eigenvalue weighted by Crippen LogP contribution is -2.48. The van der Waals surface area contributed by atoms with Crippen LogP contribution in [-0.4, -0.2) is 29.7 Å². The first-order valence-electron chi connectivity index (χ1n) is 11.5. The number of carbonyl (C=O) groups is 1. The maximum atomic E-state index is 13.7. The number of benzene rings is 3. The van der Waals surface area contributed by atoms with Crippen LogP contribution < -0.4 is 10.6 Å². The van der Waals surface area contributed by atoms with E-state index in [-0.39, 0.29) is 18.9 Å². The summed E-state index contributed by atoms with van der Waals surface area (Å²) in [5.74, 6) is -1.74. The molecular formula is C28H32F2N2O2. The summed E-state index contributed by atoms with van der Waals surface area (Å²) in [7, 11) is 0. The molecule has 0 aliphatic carbocycles. The van der Waals surface area contributed by atoms with Crippen molar-refractivity contribution in [1.82, 2.24) is 10.6 Å². The molecular weight excluding hydrogens is 434 g/mol. The molecule has 6 heteroatoms. The minimum atomic E-state index is -0.976. The Balaban J connectivity index is 1.73. The molecule has 3 aromatic carbocycles. The molecule has 34 heavy (non-hydrogen) atoms. The zero-order chi connectivity index (χ0) is 24.7. The molecule has 0 aliphatic heterocycles. The van der Waals surface area contributed by atoms with E-state index in [0.717, 1.165) is 29.2 Å². The quantitative estimate of drug-likeness (QED) is 0.408. The lowest BCUT2D eigenvalue weighted by molar-refractivity contribution is 0.0829. The summed E-state index contributed by atoms with van der Waals surface area (Å²) >= 11 is 0. The van der Waals surface area contributed by atoms with E-state index in [2.05, 4.69) is 29.7 Å². The third kappa shape index (κ3) is 7.47. The van der Waals surface area contributed by atoms with E-state index in [0.29, 0.717) is 17.7 Å². The number of hydrogen-bond donors (Lipinski definition) is 3. The second-order valence-corrected chi connectivity index (χ2v) is 8.81. The molecule has 0 spiro atoms. The maximum Gasteiger partial charge on any atom is 0.251 e. The molecule has 3 rings (SSSR count). The van der Waals surface area contributed by atoms with Crippen LogP contribution >= 0.6 is 0 Å². The highest BCUT2D eigenvalue weighted by Gasteiger charge is 2.23. The first kappa shape index (κ1) is 25.5. The summed E-state index contributed by atoms with van der Waals surface area (Å²) in [6, 6.07) is 16.2. The van der Waals surface area contributed by atoms with Gasteiger partial charge in [0.25, 0.3) is 5.91 Å². The van der Waals surface area contributed by atoms with Crippen LogP contribution in [0.25, 0.3) is 0 Å². The Morgan fingerprint density at radius 3 is 2.21 bits per heavy atom. The minimum Gasteiger partial charge on any atom is -0.390 e. The van der Waals surface area contributed by atoms with E-state index < -0.39 is 23.8 Å². The van der Waals surface area contributed by atoms with Crippen LogP contribution in [0.4, 0.5) is 8.78 Å². The molecule has 0 saturated heterocycles. The average Bonchev–Trinajstić information content (AvgIpc) is 2.77. The number of amides is 1. The third-order valence-corrected chi connectivity index (χ3v) is 5.73. The third-order valence-electron chi connectivity index (χ3n) is 5.73. The van der Waals surface area contributed by atoms with Gasteiger partial charge in [-0.3, -0.25) is 4.79 Å². The summed E-state index contributed by atoms with van der Waals surface area (Å²) in [5, 5.41) is 17.0. The number of aryl methyl sites for hydroxylation is 3. The van der Waals surface area contributed by atoms with Gasteiger partial charge in [0.15, 0.2) is 0 Å². The summed E-state index contributed by atoms with van der Waals surface area (Å²) < 4.78 is 27.5. The fourth-order valence-electron chi connectivity index (χ4n) is 4.09. The molecule has 2 atom stereocenters. The van der Waals surface area contributed by atoms with Crippen LogP contribution in [0.3, 0.4) is 0 Å². The van der Waals surface area contributed by atoms with Crippen molar-refractivity contribution in [3.63, 3.8) is 0 Å². The fourth-order valence-corrected chi connectivity index (χ4v) is 4.09. The van der Waals surface area contributed by atoms with E-state index in [1.165, 1.54) is 17.7 Å². The number of aliphatic hydroxyl groups is 1. The van der Waals surface area contributed by atoms with Gasteiger partial charge < -0.3 is 15.7 Å². The smallest absolute Gasteiger partial charge is 0.251 e. The predicted molar refractivity (Wildman–Crippen MR) is 131 cm³/mol. The van der Waals surface area contributed by atoms with Gasteiger partial charge in [0.2, 0.25) is 0 Å². The van der Waals surface area contributed by atoms with Gasteiger partial charge in [0.1, 0.15) is 11.6 Å². The number of aliphatic hydroxyl groups excluding tert-OH is 1. The summed E-state index contributed by atoms with van der Waals surface area (Å²) in [4.78, 5) is 13.0.